The van der Waals surface area contributed by atoms with Crippen molar-refractivity contribution >= 4 is 28.1 Å². The molecule has 0 saturated heterocycles. The van der Waals surface area contributed by atoms with Gasteiger partial charge >= 0.3 is 0 Å². The molecule has 1 heterocycles. The Morgan fingerprint density at radius 1 is 1.28 bits per heavy atom. The van der Waals surface area contributed by atoms with E-state index >= 15 is 0 Å². The number of ketones is 1. The third kappa shape index (κ3) is 3.37. The third-order valence-corrected chi connectivity index (χ3v) is 3.02. The maximum absolute atomic E-state index is 11.0. The first-order valence-corrected chi connectivity index (χ1v) is 6.47. The van der Waals surface area contributed by atoms with Crippen molar-refractivity contribution in [3.8, 4) is 0 Å². The molecule has 94 valence electrons. The highest BCUT2D eigenvalue weighted by atomic mass is 32.1. The molecule has 0 aliphatic carbocycles. The van der Waals surface area contributed by atoms with Gasteiger partial charge < -0.3 is 5.32 Å². The monoisotopic (exact) mass is 261 g/mol. The van der Waals surface area contributed by atoms with E-state index in [1.54, 1.807) is 0 Å². The van der Waals surface area contributed by atoms with Crippen molar-refractivity contribution in [3.05, 3.63) is 35.2 Å². The molecule has 5 heteroatoms. The Hall–Kier alpha value is -1.75. The summed E-state index contributed by atoms with van der Waals surface area (Å²) >= 11 is 1.27. The number of nitrogens with zero attached hydrogens (tertiary/aromatic N) is 2. The van der Waals surface area contributed by atoms with Crippen LogP contribution in [0, 0.1) is 13.8 Å². The standard InChI is InChI=1S/C13H15N3OS/c1-8-4-9(2)6-11(5-8)14-13-15-12(16-18-13)7-10(3)17/h4-6H,7H2,1-3H3,(H,14,15,16). The number of anilines is 2. The van der Waals surface area contributed by atoms with Crippen LogP contribution in [0.3, 0.4) is 0 Å². The zero-order valence-electron chi connectivity index (χ0n) is 10.7. The Bertz CT molecular complexity index is 557. The zero-order chi connectivity index (χ0) is 13.1. The number of benzene rings is 1. The van der Waals surface area contributed by atoms with Crippen LogP contribution >= 0.6 is 11.5 Å². The van der Waals surface area contributed by atoms with Gasteiger partial charge in [0.1, 0.15) is 5.78 Å². The molecule has 1 N–H and O–H groups in total. The number of Topliss-reactive ketones (excluding diaryl/α,β-unsaturated/α-hetero) is 1. The molecule has 0 amide bonds. The summed E-state index contributed by atoms with van der Waals surface area (Å²) < 4.78 is 4.14. The Balaban J connectivity index is 2.13. The molecule has 0 atom stereocenters. The first kappa shape index (κ1) is 12.7. The normalized spacial score (nSPS) is 10.4. The van der Waals surface area contributed by atoms with Gasteiger partial charge in [-0.05, 0) is 44.0 Å². The minimum absolute atomic E-state index is 0.0748. The van der Waals surface area contributed by atoms with Crippen molar-refractivity contribution in [1.29, 1.82) is 0 Å². The van der Waals surface area contributed by atoms with E-state index in [1.165, 1.54) is 29.6 Å². The molecule has 2 aromatic rings. The lowest BCUT2D eigenvalue weighted by Gasteiger charge is -2.04. The van der Waals surface area contributed by atoms with Crippen molar-refractivity contribution in [3.63, 3.8) is 0 Å². The highest BCUT2D eigenvalue weighted by molar-refractivity contribution is 7.09. The fourth-order valence-electron chi connectivity index (χ4n) is 1.77. The van der Waals surface area contributed by atoms with Gasteiger partial charge in [-0.1, -0.05) is 6.07 Å². The topological polar surface area (TPSA) is 54.9 Å². The van der Waals surface area contributed by atoms with Crippen molar-refractivity contribution in [2.75, 3.05) is 5.32 Å². The van der Waals surface area contributed by atoms with E-state index in [1.807, 2.05) is 0 Å². The maximum Gasteiger partial charge on any atom is 0.207 e. The average Bonchev–Trinajstić information content (AvgIpc) is 2.62. The zero-order valence-corrected chi connectivity index (χ0v) is 11.5. The number of rotatable bonds is 4. The molecule has 0 bridgehead atoms. The summed E-state index contributed by atoms with van der Waals surface area (Å²) in [4.78, 5) is 15.3. The second-order valence-corrected chi connectivity index (χ2v) is 5.15. The predicted molar refractivity (Wildman–Crippen MR) is 73.5 cm³/mol. The quantitative estimate of drug-likeness (QED) is 0.919. The molecule has 0 saturated carbocycles. The Morgan fingerprint density at radius 3 is 2.56 bits per heavy atom. The van der Waals surface area contributed by atoms with E-state index in [-0.39, 0.29) is 5.78 Å². The first-order chi connectivity index (χ1) is 8.52. The molecule has 0 unspecified atom stereocenters. The summed E-state index contributed by atoms with van der Waals surface area (Å²) in [6, 6.07) is 6.23. The lowest BCUT2D eigenvalue weighted by molar-refractivity contribution is -0.116. The molecule has 0 fully saturated rings. The van der Waals surface area contributed by atoms with Crippen molar-refractivity contribution in [1.82, 2.24) is 9.36 Å². The fraction of sp³-hybridized carbons (Fsp3) is 0.308. The Morgan fingerprint density at radius 2 is 1.94 bits per heavy atom. The molecule has 0 radical (unpaired) electrons. The van der Waals surface area contributed by atoms with E-state index in [4.69, 9.17) is 0 Å². The fourth-order valence-corrected chi connectivity index (χ4v) is 2.38. The second kappa shape index (κ2) is 5.27. The molecular weight excluding hydrogens is 246 g/mol. The highest BCUT2D eigenvalue weighted by Crippen LogP contribution is 2.21. The molecule has 4 nitrogen and oxygen atoms in total. The van der Waals surface area contributed by atoms with Gasteiger partial charge in [0.05, 0.1) is 6.42 Å². The summed E-state index contributed by atoms with van der Waals surface area (Å²) in [5.41, 5.74) is 3.40. The van der Waals surface area contributed by atoms with Crippen LogP contribution in [0.2, 0.25) is 0 Å². The van der Waals surface area contributed by atoms with E-state index in [9.17, 15) is 4.79 Å². The van der Waals surface area contributed by atoms with E-state index in [0.29, 0.717) is 12.2 Å². The largest absolute Gasteiger partial charge is 0.330 e. The number of nitrogens with one attached hydrogen (secondary N) is 1. The van der Waals surface area contributed by atoms with Crippen LogP contribution in [0.4, 0.5) is 10.8 Å². The van der Waals surface area contributed by atoms with E-state index < -0.39 is 0 Å². The van der Waals surface area contributed by atoms with E-state index in [0.717, 1.165) is 10.8 Å². The van der Waals surface area contributed by atoms with Gasteiger partial charge in [-0.25, -0.2) is 4.98 Å². The summed E-state index contributed by atoms with van der Waals surface area (Å²) in [5, 5.41) is 3.93. The number of hydrogen-bond donors (Lipinski definition) is 1. The van der Waals surface area contributed by atoms with Crippen LogP contribution in [0.25, 0.3) is 0 Å². The average molecular weight is 261 g/mol. The summed E-state index contributed by atoms with van der Waals surface area (Å²) in [6.07, 6.45) is 0.297. The van der Waals surface area contributed by atoms with Gasteiger partial charge in [0, 0.05) is 17.2 Å². The lowest BCUT2D eigenvalue weighted by atomic mass is 10.1. The molecule has 2 rings (SSSR count). The molecule has 18 heavy (non-hydrogen) atoms. The summed E-state index contributed by atoms with van der Waals surface area (Å²) in [5.74, 6) is 0.658. The first-order valence-electron chi connectivity index (χ1n) is 5.70. The molecule has 0 aliphatic rings. The van der Waals surface area contributed by atoms with Crippen LogP contribution in [-0.4, -0.2) is 15.1 Å². The third-order valence-electron chi connectivity index (χ3n) is 2.35. The summed E-state index contributed by atoms with van der Waals surface area (Å²) in [6.45, 7) is 5.65. The van der Waals surface area contributed by atoms with Crippen molar-refractivity contribution in [2.24, 2.45) is 0 Å². The van der Waals surface area contributed by atoms with Crippen LogP contribution in [0.15, 0.2) is 18.2 Å². The van der Waals surface area contributed by atoms with Gasteiger partial charge in [0.25, 0.3) is 0 Å². The molecular formula is C13H15N3OS. The summed E-state index contributed by atoms with van der Waals surface area (Å²) in [7, 11) is 0. The molecule has 0 aliphatic heterocycles. The lowest BCUT2D eigenvalue weighted by Crippen LogP contribution is -1.98. The Labute approximate surface area is 110 Å². The number of carbonyl (C=O) groups excluding carboxylic acids is 1. The van der Waals surface area contributed by atoms with Gasteiger partial charge in [-0.15, -0.1) is 0 Å². The van der Waals surface area contributed by atoms with Crippen molar-refractivity contribution in [2.45, 2.75) is 27.2 Å². The highest BCUT2D eigenvalue weighted by Gasteiger charge is 2.06. The number of aromatic nitrogens is 2. The van der Waals surface area contributed by atoms with Crippen LogP contribution in [0.1, 0.15) is 23.9 Å². The van der Waals surface area contributed by atoms with Crippen LogP contribution < -0.4 is 5.32 Å². The number of hydrogen-bond acceptors (Lipinski definition) is 5. The van der Waals surface area contributed by atoms with Gasteiger partial charge in [0.15, 0.2) is 5.82 Å². The Kier molecular flexibility index (Phi) is 3.72. The molecule has 1 aromatic carbocycles. The van der Waals surface area contributed by atoms with Crippen LogP contribution in [0.5, 0.6) is 0 Å². The smallest absolute Gasteiger partial charge is 0.207 e. The van der Waals surface area contributed by atoms with Crippen LogP contribution in [-0.2, 0) is 11.2 Å². The number of aryl methyl sites for hydroxylation is 2. The van der Waals surface area contributed by atoms with Gasteiger partial charge in [-0.3, -0.25) is 4.79 Å². The minimum atomic E-state index is 0.0748. The minimum Gasteiger partial charge on any atom is -0.330 e. The predicted octanol–water partition coefficient (Wildman–Crippen LogP) is 3.03. The number of carbonyl (C=O) groups is 1. The SMILES string of the molecule is CC(=O)Cc1nsc(Nc2cc(C)cc(C)c2)n1. The maximum atomic E-state index is 11.0. The molecule has 0 spiro atoms. The van der Waals surface area contributed by atoms with Gasteiger partial charge in [0.2, 0.25) is 5.13 Å². The van der Waals surface area contributed by atoms with Crippen molar-refractivity contribution < 1.29 is 4.79 Å². The molecule has 1 aromatic heterocycles. The second-order valence-electron chi connectivity index (χ2n) is 4.40. The van der Waals surface area contributed by atoms with Gasteiger partial charge in [-0.2, -0.15) is 4.37 Å². The van der Waals surface area contributed by atoms with E-state index in [2.05, 4.69) is 46.7 Å².